The molecular formula is C21H25N7OS. The van der Waals surface area contributed by atoms with Gasteiger partial charge in [0, 0.05) is 40.4 Å². The third kappa shape index (κ3) is 4.91. The molecule has 0 unspecified atom stereocenters. The van der Waals surface area contributed by atoms with Crippen molar-refractivity contribution >= 4 is 40.8 Å². The van der Waals surface area contributed by atoms with Gasteiger partial charge in [-0.3, -0.25) is 9.89 Å². The van der Waals surface area contributed by atoms with Gasteiger partial charge in [-0.2, -0.15) is 5.10 Å². The van der Waals surface area contributed by atoms with Crippen molar-refractivity contribution in [1.29, 1.82) is 0 Å². The Kier molecular flexibility index (Phi) is 5.89. The van der Waals surface area contributed by atoms with Crippen molar-refractivity contribution < 1.29 is 4.79 Å². The summed E-state index contributed by atoms with van der Waals surface area (Å²) in [5.74, 6) is 2.51. The van der Waals surface area contributed by atoms with Crippen molar-refractivity contribution in [2.75, 3.05) is 22.5 Å². The first-order valence-electron chi connectivity index (χ1n) is 10.0. The number of hydrogen-bond donors (Lipinski definition) is 4. The minimum Gasteiger partial charge on any atom is -0.370 e. The number of aryl methyl sites for hydroxylation is 1. The summed E-state index contributed by atoms with van der Waals surface area (Å²) < 4.78 is 0. The van der Waals surface area contributed by atoms with E-state index >= 15 is 0 Å². The highest BCUT2D eigenvalue weighted by Crippen LogP contribution is 2.32. The van der Waals surface area contributed by atoms with E-state index in [1.54, 1.807) is 0 Å². The number of amides is 1. The number of carbonyl (C=O) groups excluding carboxylic acids is 1. The number of anilines is 4. The SMILES string of the molecule is CCNc1nc(Sc2ccc(NC(=O)C3CC3)cc2)nc(Nc2cc(C)[nH]n2)c1C. The van der Waals surface area contributed by atoms with Crippen LogP contribution in [0, 0.1) is 19.8 Å². The second-order valence-electron chi connectivity index (χ2n) is 7.31. The molecule has 0 aliphatic heterocycles. The highest BCUT2D eigenvalue weighted by atomic mass is 32.2. The summed E-state index contributed by atoms with van der Waals surface area (Å²) in [6, 6.07) is 9.68. The van der Waals surface area contributed by atoms with Crippen LogP contribution < -0.4 is 16.0 Å². The molecule has 0 spiro atoms. The Hall–Kier alpha value is -3.07. The Morgan fingerprint density at radius 2 is 1.90 bits per heavy atom. The quantitative estimate of drug-likeness (QED) is 0.395. The van der Waals surface area contributed by atoms with Crippen molar-refractivity contribution in [3.05, 3.63) is 41.6 Å². The van der Waals surface area contributed by atoms with Gasteiger partial charge >= 0.3 is 0 Å². The summed E-state index contributed by atoms with van der Waals surface area (Å²) in [7, 11) is 0. The molecule has 8 nitrogen and oxygen atoms in total. The van der Waals surface area contributed by atoms with Crippen molar-refractivity contribution in [3.63, 3.8) is 0 Å². The van der Waals surface area contributed by atoms with Crippen LogP contribution in [0.2, 0.25) is 0 Å². The van der Waals surface area contributed by atoms with Gasteiger partial charge in [-0.05, 0) is 69.6 Å². The van der Waals surface area contributed by atoms with Crippen LogP contribution in [0.1, 0.15) is 31.0 Å². The minimum absolute atomic E-state index is 0.108. The minimum atomic E-state index is 0.108. The number of benzene rings is 1. The molecule has 0 saturated heterocycles. The largest absolute Gasteiger partial charge is 0.370 e. The maximum atomic E-state index is 11.9. The van der Waals surface area contributed by atoms with E-state index in [1.165, 1.54) is 11.8 Å². The summed E-state index contributed by atoms with van der Waals surface area (Å²) in [6.45, 7) is 6.73. The summed E-state index contributed by atoms with van der Waals surface area (Å²) in [5.41, 5.74) is 2.71. The van der Waals surface area contributed by atoms with Gasteiger partial charge in [0.15, 0.2) is 11.0 Å². The van der Waals surface area contributed by atoms with E-state index in [9.17, 15) is 4.79 Å². The predicted octanol–water partition coefficient (Wildman–Crippen LogP) is 4.49. The first-order valence-corrected chi connectivity index (χ1v) is 10.8. The molecular weight excluding hydrogens is 398 g/mol. The van der Waals surface area contributed by atoms with Gasteiger partial charge in [-0.15, -0.1) is 0 Å². The van der Waals surface area contributed by atoms with E-state index in [-0.39, 0.29) is 11.8 Å². The Balaban J connectivity index is 1.52. The van der Waals surface area contributed by atoms with Gasteiger partial charge in [0.1, 0.15) is 11.6 Å². The van der Waals surface area contributed by atoms with Crippen LogP contribution in [-0.4, -0.2) is 32.6 Å². The lowest BCUT2D eigenvalue weighted by atomic mass is 10.3. The van der Waals surface area contributed by atoms with Crippen LogP contribution in [0.3, 0.4) is 0 Å². The predicted molar refractivity (Wildman–Crippen MR) is 119 cm³/mol. The zero-order valence-corrected chi connectivity index (χ0v) is 18.1. The fraction of sp³-hybridized carbons (Fsp3) is 0.333. The number of nitrogens with one attached hydrogen (secondary N) is 4. The van der Waals surface area contributed by atoms with Gasteiger partial charge in [-0.1, -0.05) is 0 Å². The first kappa shape index (κ1) is 20.2. The molecule has 0 atom stereocenters. The fourth-order valence-electron chi connectivity index (χ4n) is 2.91. The van der Waals surface area contributed by atoms with E-state index in [1.807, 2.05) is 51.1 Å². The molecule has 3 aromatic rings. The molecule has 9 heteroatoms. The van der Waals surface area contributed by atoms with Gasteiger partial charge in [-0.25, -0.2) is 9.97 Å². The van der Waals surface area contributed by atoms with Crippen LogP contribution in [0.25, 0.3) is 0 Å². The van der Waals surface area contributed by atoms with Gasteiger partial charge < -0.3 is 16.0 Å². The number of H-pyrrole nitrogens is 1. The number of aromatic amines is 1. The van der Waals surface area contributed by atoms with E-state index in [0.29, 0.717) is 16.8 Å². The average molecular weight is 424 g/mol. The number of carbonyl (C=O) groups is 1. The fourth-order valence-corrected chi connectivity index (χ4v) is 3.66. The van der Waals surface area contributed by atoms with Crippen molar-refractivity contribution in [2.45, 2.75) is 43.7 Å². The van der Waals surface area contributed by atoms with Crippen molar-refractivity contribution in [2.24, 2.45) is 5.92 Å². The lowest BCUT2D eigenvalue weighted by Crippen LogP contribution is -2.12. The van der Waals surface area contributed by atoms with E-state index in [0.717, 1.165) is 47.0 Å². The molecule has 2 heterocycles. The van der Waals surface area contributed by atoms with Crippen LogP contribution in [0.15, 0.2) is 40.4 Å². The second-order valence-corrected chi connectivity index (χ2v) is 8.35. The number of nitrogens with zero attached hydrogens (tertiary/aromatic N) is 3. The van der Waals surface area contributed by atoms with Gasteiger partial charge in [0.05, 0.1) is 0 Å². The summed E-state index contributed by atoms with van der Waals surface area (Å²) in [6.07, 6.45) is 1.99. The molecule has 1 amide bonds. The number of aromatic nitrogens is 4. The second kappa shape index (κ2) is 8.74. The smallest absolute Gasteiger partial charge is 0.227 e. The Morgan fingerprint density at radius 3 is 2.53 bits per heavy atom. The molecule has 4 N–H and O–H groups in total. The van der Waals surface area contributed by atoms with Crippen molar-refractivity contribution in [3.8, 4) is 0 Å². The number of hydrogen-bond acceptors (Lipinski definition) is 7. The molecule has 1 saturated carbocycles. The van der Waals surface area contributed by atoms with E-state index in [4.69, 9.17) is 4.98 Å². The van der Waals surface area contributed by atoms with Gasteiger partial charge in [0.25, 0.3) is 0 Å². The monoisotopic (exact) mass is 423 g/mol. The van der Waals surface area contributed by atoms with Crippen LogP contribution >= 0.6 is 11.8 Å². The molecule has 2 aromatic heterocycles. The lowest BCUT2D eigenvalue weighted by molar-refractivity contribution is -0.117. The Bertz CT molecular complexity index is 1040. The normalized spacial score (nSPS) is 13.2. The molecule has 1 aliphatic rings. The molecule has 1 fully saturated rings. The molecule has 30 heavy (non-hydrogen) atoms. The maximum Gasteiger partial charge on any atom is 0.227 e. The van der Waals surface area contributed by atoms with Crippen LogP contribution in [0.4, 0.5) is 23.1 Å². The standard InChI is InChI=1S/C21H25N7OS/c1-4-22-18-13(3)19(24-17-11-12(2)27-28-17)26-21(25-18)30-16-9-7-15(8-10-16)23-20(29)14-5-6-14/h7-11,14H,4-6H2,1-3H3,(H,23,29)(H3,22,24,25,26,27,28). The molecule has 0 radical (unpaired) electrons. The average Bonchev–Trinajstić information content (AvgIpc) is 3.50. The molecule has 4 rings (SSSR count). The highest BCUT2D eigenvalue weighted by Gasteiger charge is 2.29. The third-order valence-electron chi connectivity index (χ3n) is 4.70. The van der Waals surface area contributed by atoms with Crippen LogP contribution in [0.5, 0.6) is 0 Å². The maximum absolute atomic E-state index is 11.9. The zero-order chi connectivity index (χ0) is 21.1. The van der Waals surface area contributed by atoms with Gasteiger partial charge in [0.2, 0.25) is 5.91 Å². The summed E-state index contributed by atoms with van der Waals surface area (Å²) in [4.78, 5) is 22.3. The van der Waals surface area contributed by atoms with E-state index in [2.05, 4.69) is 31.1 Å². The van der Waals surface area contributed by atoms with Crippen LogP contribution in [-0.2, 0) is 4.79 Å². The first-order chi connectivity index (χ1) is 14.5. The topological polar surface area (TPSA) is 108 Å². The van der Waals surface area contributed by atoms with Crippen molar-refractivity contribution in [1.82, 2.24) is 20.2 Å². The molecule has 0 bridgehead atoms. The molecule has 1 aromatic carbocycles. The Labute approximate surface area is 179 Å². The van der Waals surface area contributed by atoms with E-state index < -0.39 is 0 Å². The zero-order valence-electron chi connectivity index (χ0n) is 17.2. The third-order valence-corrected chi connectivity index (χ3v) is 5.57. The Morgan fingerprint density at radius 1 is 1.17 bits per heavy atom. The highest BCUT2D eigenvalue weighted by molar-refractivity contribution is 7.99. The summed E-state index contributed by atoms with van der Waals surface area (Å²) in [5, 5.41) is 17.3. The number of rotatable bonds is 8. The molecule has 1 aliphatic carbocycles. The summed E-state index contributed by atoms with van der Waals surface area (Å²) >= 11 is 1.47. The molecule has 156 valence electrons. The lowest BCUT2D eigenvalue weighted by Gasteiger charge is -2.13.